The maximum atomic E-state index is 12.9. The van der Waals surface area contributed by atoms with Crippen LogP contribution in [0.2, 0.25) is 0 Å². The van der Waals surface area contributed by atoms with Gasteiger partial charge in [0.2, 0.25) is 0 Å². The molecule has 2 amide bonds. The lowest BCUT2D eigenvalue weighted by atomic mass is 10.1. The van der Waals surface area contributed by atoms with Crippen molar-refractivity contribution in [1.82, 2.24) is 5.32 Å². The second-order valence-electron chi connectivity index (χ2n) is 7.65. The molecular weight excluding hydrogens is 388 g/mol. The topological polar surface area (TPSA) is 67.4 Å². The summed E-state index contributed by atoms with van der Waals surface area (Å²) in [5.74, 6) is 0.0537. The van der Waals surface area contributed by atoms with E-state index in [9.17, 15) is 9.59 Å². The predicted molar refractivity (Wildman–Crippen MR) is 123 cm³/mol. The normalized spacial score (nSPS) is 12.5. The third-order valence-corrected chi connectivity index (χ3v) is 5.24. The van der Waals surface area contributed by atoms with Crippen LogP contribution in [-0.4, -0.2) is 17.9 Å². The van der Waals surface area contributed by atoms with E-state index >= 15 is 0 Å². The number of carbonyl (C=O) groups is 2. The predicted octanol–water partition coefficient (Wildman–Crippen LogP) is 5.20. The molecule has 0 saturated carbocycles. The second-order valence-corrected chi connectivity index (χ2v) is 7.65. The Balaban J connectivity index is 1.68. The van der Waals surface area contributed by atoms with Gasteiger partial charge in [0.15, 0.2) is 6.10 Å². The molecule has 0 aliphatic rings. The van der Waals surface area contributed by atoms with E-state index in [0.717, 1.165) is 16.7 Å². The van der Waals surface area contributed by atoms with Gasteiger partial charge < -0.3 is 15.4 Å². The first-order valence-electron chi connectivity index (χ1n) is 10.3. The Bertz CT molecular complexity index is 1060. The molecule has 5 nitrogen and oxygen atoms in total. The summed E-state index contributed by atoms with van der Waals surface area (Å²) in [6.07, 6.45) is -0.721. The van der Waals surface area contributed by atoms with E-state index in [4.69, 9.17) is 4.74 Å². The van der Waals surface area contributed by atoms with Gasteiger partial charge in [-0.15, -0.1) is 0 Å². The van der Waals surface area contributed by atoms with Gasteiger partial charge in [-0.1, -0.05) is 48.5 Å². The fourth-order valence-electron chi connectivity index (χ4n) is 3.17. The highest BCUT2D eigenvalue weighted by Crippen LogP contribution is 2.20. The number of amides is 2. The van der Waals surface area contributed by atoms with Crippen LogP contribution in [0.4, 0.5) is 5.69 Å². The van der Waals surface area contributed by atoms with E-state index < -0.39 is 6.10 Å². The summed E-state index contributed by atoms with van der Waals surface area (Å²) in [7, 11) is 0. The lowest BCUT2D eigenvalue weighted by molar-refractivity contribution is -0.122. The third kappa shape index (κ3) is 5.72. The van der Waals surface area contributed by atoms with Crippen LogP contribution in [-0.2, 0) is 4.79 Å². The van der Waals surface area contributed by atoms with Gasteiger partial charge in [0.05, 0.1) is 17.3 Å². The van der Waals surface area contributed by atoms with Crippen molar-refractivity contribution in [2.45, 2.75) is 39.8 Å². The van der Waals surface area contributed by atoms with E-state index in [1.165, 1.54) is 0 Å². The molecule has 0 heterocycles. The van der Waals surface area contributed by atoms with Crippen LogP contribution in [0.1, 0.15) is 46.9 Å². The van der Waals surface area contributed by atoms with Crippen molar-refractivity contribution in [3.63, 3.8) is 0 Å². The molecule has 0 bridgehead atoms. The molecule has 2 N–H and O–H groups in total. The van der Waals surface area contributed by atoms with Crippen molar-refractivity contribution >= 4 is 17.5 Å². The number of anilines is 1. The monoisotopic (exact) mass is 416 g/mol. The zero-order chi connectivity index (χ0) is 22.4. The highest BCUT2D eigenvalue weighted by atomic mass is 16.5. The summed E-state index contributed by atoms with van der Waals surface area (Å²) < 4.78 is 5.79. The molecule has 31 heavy (non-hydrogen) atoms. The first-order valence-corrected chi connectivity index (χ1v) is 10.3. The molecule has 3 rings (SSSR count). The average molecular weight is 417 g/mol. The van der Waals surface area contributed by atoms with Gasteiger partial charge in [-0.25, -0.2) is 0 Å². The van der Waals surface area contributed by atoms with Crippen LogP contribution >= 0.6 is 0 Å². The molecule has 2 atom stereocenters. The number of para-hydroxylation sites is 1. The van der Waals surface area contributed by atoms with Crippen LogP contribution in [0.25, 0.3) is 0 Å². The summed E-state index contributed by atoms with van der Waals surface area (Å²) in [5, 5.41) is 5.81. The zero-order valence-electron chi connectivity index (χ0n) is 18.3. The van der Waals surface area contributed by atoms with E-state index in [-0.39, 0.29) is 17.9 Å². The first kappa shape index (κ1) is 22.1. The number of ether oxygens (including phenoxy) is 1. The number of carbonyl (C=O) groups excluding carboxylic acids is 2. The van der Waals surface area contributed by atoms with Gasteiger partial charge in [0, 0.05) is 0 Å². The highest BCUT2D eigenvalue weighted by molar-refractivity contribution is 6.04. The fraction of sp³-hybridized carbons (Fsp3) is 0.231. The lowest BCUT2D eigenvalue weighted by Gasteiger charge is -2.18. The zero-order valence-corrected chi connectivity index (χ0v) is 18.3. The van der Waals surface area contributed by atoms with Crippen LogP contribution in [0.15, 0.2) is 72.8 Å². The van der Waals surface area contributed by atoms with Crippen molar-refractivity contribution in [3.8, 4) is 5.75 Å². The minimum atomic E-state index is -0.721. The number of hydrogen-bond acceptors (Lipinski definition) is 3. The van der Waals surface area contributed by atoms with Crippen molar-refractivity contribution in [2.75, 3.05) is 5.32 Å². The average Bonchev–Trinajstić information content (AvgIpc) is 2.77. The number of hydrogen-bond donors (Lipinski definition) is 2. The van der Waals surface area contributed by atoms with E-state index in [0.29, 0.717) is 17.0 Å². The summed E-state index contributed by atoms with van der Waals surface area (Å²) in [6.45, 7) is 7.63. The fourth-order valence-corrected chi connectivity index (χ4v) is 3.17. The Morgan fingerprint density at radius 1 is 0.839 bits per heavy atom. The molecule has 3 aromatic carbocycles. The molecule has 0 spiro atoms. The van der Waals surface area contributed by atoms with Crippen LogP contribution in [0, 0.1) is 13.8 Å². The van der Waals surface area contributed by atoms with Gasteiger partial charge in [0.25, 0.3) is 11.8 Å². The van der Waals surface area contributed by atoms with Gasteiger partial charge in [-0.3, -0.25) is 9.59 Å². The van der Waals surface area contributed by atoms with Gasteiger partial charge in [-0.2, -0.15) is 0 Å². The summed E-state index contributed by atoms with van der Waals surface area (Å²) in [5.41, 5.74) is 4.11. The Kier molecular flexibility index (Phi) is 7.08. The maximum absolute atomic E-state index is 12.9. The Morgan fingerprint density at radius 3 is 2.23 bits per heavy atom. The SMILES string of the molecule is Cc1ccc(O[C@H](C)C(=O)Nc2ccccc2C(=O)N[C@H](C)c2ccccc2)cc1C. The molecule has 0 aromatic heterocycles. The Hall–Kier alpha value is -3.60. The molecular formula is C26H28N2O3. The van der Waals surface area contributed by atoms with Crippen molar-refractivity contribution in [2.24, 2.45) is 0 Å². The van der Waals surface area contributed by atoms with E-state index in [1.807, 2.05) is 69.3 Å². The Morgan fingerprint density at radius 2 is 1.52 bits per heavy atom. The number of aryl methyl sites for hydroxylation is 2. The van der Waals surface area contributed by atoms with Gasteiger partial charge in [0.1, 0.15) is 5.75 Å². The molecule has 0 aliphatic heterocycles. The number of rotatable bonds is 7. The van der Waals surface area contributed by atoms with E-state index in [1.54, 1.807) is 31.2 Å². The number of benzene rings is 3. The second kappa shape index (κ2) is 9.94. The Labute approximate surface area is 183 Å². The van der Waals surface area contributed by atoms with Crippen molar-refractivity contribution in [1.29, 1.82) is 0 Å². The quantitative estimate of drug-likeness (QED) is 0.556. The molecule has 160 valence electrons. The van der Waals surface area contributed by atoms with Crippen molar-refractivity contribution in [3.05, 3.63) is 95.1 Å². The molecule has 5 heteroatoms. The highest BCUT2D eigenvalue weighted by Gasteiger charge is 2.19. The third-order valence-electron chi connectivity index (χ3n) is 5.24. The maximum Gasteiger partial charge on any atom is 0.265 e. The first-order chi connectivity index (χ1) is 14.8. The molecule has 0 aliphatic carbocycles. The summed E-state index contributed by atoms with van der Waals surface area (Å²) >= 11 is 0. The van der Waals surface area contributed by atoms with E-state index in [2.05, 4.69) is 10.6 Å². The van der Waals surface area contributed by atoms with Crippen molar-refractivity contribution < 1.29 is 14.3 Å². The standard InChI is InChI=1S/C26H28N2O3/c1-17-14-15-22(16-18(17)2)31-20(4)25(29)28-24-13-9-8-12-23(24)26(30)27-19(3)21-10-6-5-7-11-21/h5-16,19-20H,1-4H3,(H,27,30)(H,28,29)/t19-,20-/m1/s1. The smallest absolute Gasteiger partial charge is 0.265 e. The molecule has 0 unspecified atom stereocenters. The number of nitrogens with one attached hydrogen (secondary N) is 2. The molecule has 0 saturated heterocycles. The molecule has 0 radical (unpaired) electrons. The van der Waals surface area contributed by atoms with Crippen LogP contribution < -0.4 is 15.4 Å². The molecule has 0 fully saturated rings. The minimum absolute atomic E-state index is 0.163. The lowest BCUT2D eigenvalue weighted by Crippen LogP contribution is -2.32. The largest absolute Gasteiger partial charge is 0.481 e. The minimum Gasteiger partial charge on any atom is -0.481 e. The van der Waals surface area contributed by atoms with Crippen LogP contribution in [0.3, 0.4) is 0 Å². The van der Waals surface area contributed by atoms with Gasteiger partial charge >= 0.3 is 0 Å². The molecule has 3 aromatic rings. The summed E-state index contributed by atoms with van der Waals surface area (Å²) in [6, 6.07) is 22.2. The van der Waals surface area contributed by atoms with Crippen LogP contribution in [0.5, 0.6) is 5.75 Å². The summed E-state index contributed by atoms with van der Waals surface area (Å²) in [4.78, 5) is 25.6. The van der Waals surface area contributed by atoms with Gasteiger partial charge in [-0.05, 0) is 68.7 Å².